The van der Waals surface area contributed by atoms with Crippen molar-refractivity contribution in [3.05, 3.63) is 51.9 Å². The fourth-order valence-corrected chi connectivity index (χ4v) is 3.58. The first-order chi connectivity index (χ1) is 12.5. The number of nitrogens with two attached hydrogens (primary N) is 1. The number of carboxylic acid groups (broad SMARTS) is 1. The Labute approximate surface area is 156 Å². The van der Waals surface area contributed by atoms with Gasteiger partial charge in [0, 0.05) is 17.0 Å². The summed E-state index contributed by atoms with van der Waals surface area (Å²) < 4.78 is 0. The molecule has 0 saturated heterocycles. The zero-order valence-electron chi connectivity index (χ0n) is 13.5. The number of hydrogen-bond acceptors (Lipinski definition) is 7. The molecule has 4 N–H and O–H groups in total. The molecule has 0 fully saturated rings. The van der Waals surface area contributed by atoms with Crippen LogP contribution in [0, 0.1) is 0 Å². The molecule has 1 aromatic carbocycles. The maximum Gasteiger partial charge on any atom is 0.414 e. The molecule has 3 aromatic rings. The number of hydrogen-bond donors (Lipinski definition) is 3. The van der Waals surface area contributed by atoms with E-state index in [1.54, 1.807) is 41.2 Å². The van der Waals surface area contributed by atoms with E-state index < -0.39 is 6.09 Å². The maximum absolute atomic E-state index is 12.2. The summed E-state index contributed by atoms with van der Waals surface area (Å²) >= 11 is 2.53. The predicted octanol–water partition coefficient (Wildman–Crippen LogP) is 3.05. The van der Waals surface area contributed by atoms with Gasteiger partial charge in [-0.2, -0.15) is 0 Å². The fourth-order valence-electron chi connectivity index (χ4n) is 2.15. The van der Waals surface area contributed by atoms with Crippen LogP contribution in [0.25, 0.3) is 0 Å². The minimum absolute atomic E-state index is 0.0234. The monoisotopic (exact) mass is 389 g/mol. The van der Waals surface area contributed by atoms with Crippen LogP contribution in [-0.2, 0) is 17.8 Å². The van der Waals surface area contributed by atoms with Crippen LogP contribution in [0.2, 0.25) is 0 Å². The number of anilines is 3. The summed E-state index contributed by atoms with van der Waals surface area (Å²) in [5.41, 5.74) is 7.29. The lowest BCUT2D eigenvalue weighted by Gasteiger charge is -2.14. The lowest BCUT2D eigenvalue weighted by atomic mass is 10.2. The third-order valence-corrected chi connectivity index (χ3v) is 5.03. The fraction of sp³-hybridized carbons (Fsp3) is 0.125. The molecule has 3 rings (SSSR count). The Bertz CT molecular complexity index is 910. The van der Waals surface area contributed by atoms with Crippen molar-refractivity contribution in [3.8, 4) is 0 Å². The van der Waals surface area contributed by atoms with Gasteiger partial charge in [-0.1, -0.05) is 12.1 Å². The molecule has 134 valence electrons. The second kappa shape index (κ2) is 7.93. The van der Waals surface area contributed by atoms with E-state index in [2.05, 4.69) is 15.3 Å². The van der Waals surface area contributed by atoms with Crippen molar-refractivity contribution in [2.24, 2.45) is 0 Å². The number of nitrogen functional groups attached to an aromatic ring is 1. The number of nitrogens with one attached hydrogen (secondary N) is 1. The second-order valence-corrected chi connectivity index (χ2v) is 7.04. The number of thiazole rings is 2. The molecule has 0 bridgehead atoms. The number of nitrogens with zero attached hydrogens (tertiary/aromatic N) is 3. The van der Waals surface area contributed by atoms with Crippen molar-refractivity contribution >= 4 is 51.2 Å². The van der Waals surface area contributed by atoms with Crippen LogP contribution >= 0.6 is 22.7 Å². The summed E-state index contributed by atoms with van der Waals surface area (Å²) in [6.07, 6.45) is 0.519. The van der Waals surface area contributed by atoms with Gasteiger partial charge in [-0.15, -0.1) is 22.7 Å². The Hall–Kier alpha value is -2.98. The van der Waals surface area contributed by atoms with E-state index in [1.165, 1.54) is 22.7 Å². The van der Waals surface area contributed by atoms with Crippen molar-refractivity contribution in [2.45, 2.75) is 13.0 Å². The first-order valence-corrected chi connectivity index (χ1v) is 9.26. The Morgan fingerprint density at radius 1 is 1.27 bits per heavy atom. The van der Waals surface area contributed by atoms with Crippen LogP contribution in [0.3, 0.4) is 0 Å². The summed E-state index contributed by atoms with van der Waals surface area (Å²) in [5, 5.41) is 16.6. The normalized spacial score (nSPS) is 10.5. The van der Waals surface area contributed by atoms with Gasteiger partial charge in [-0.25, -0.2) is 19.7 Å². The SMILES string of the molecule is Nc1ccccc1NC(=O)Cc1csc(N(Cc2nccs2)C(=O)O)n1. The van der Waals surface area contributed by atoms with Crippen molar-refractivity contribution in [1.29, 1.82) is 0 Å². The van der Waals surface area contributed by atoms with Crippen LogP contribution < -0.4 is 16.0 Å². The van der Waals surface area contributed by atoms with Crippen molar-refractivity contribution < 1.29 is 14.7 Å². The average molecular weight is 389 g/mol. The Balaban J connectivity index is 1.67. The van der Waals surface area contributed by atoms with Crippen molar-refractivity contribution in [3.63, 3.8) is 0 Å². The van der Waals surface area contributed by atoms with E-state index in [9.17, 15) is 14.7 Å². The zero-order valence-corrected chi connectivity index (χ0v) is 15.1. The number of carbonyl (C=O) groups excluding carboxylic acids is 1. The molecular weight excluding hydrogens is 374 g/mol. The van der Waals surface area contributed by atoms with E-state index in [1.807, 2.05) is 0 Å². The van der Waals surface area contributed by atoms with Gasteiger partial charge in [0.1, 0.15) is 5.01 Å². The predicted molar refractivity (Wildman–Crippen MR) is 102 cm³/mol. The van der Waals surface area contributed by atoms with Gasteiger partial charge in [0.05, 0.1) is 30.0 Å². The van der Waals surface area contributed by atoms with Crippen molar-refractivity contribution in [2.75, 3.05) is 16.0 Å². The average Bonchev–Trinajstić information content (AvgIpc) is 3.26. The zero-order chi connectivity index (χ0) is 18.5. The lowest BCUT2D eigenvalue weighted by molar-refractivity contribution is -0.115. The minimum atomic E-state index is -1.12. The molecule has 0 atom stereocenters. The molecule has 26 heavy (non-hydrogen) atoms. The van der Waals surface area contributed by atoms with Gasteiger partial charge < -0.3 is 16.2 Å². The largest absolute Gasteiger partial charge is 0.465 e. The molecule has 8 nitrogen and oxygen atoms in total. The van der Waals surface area contributed by atoms with Crippen molar-refractivity contribution in [1.82, 2.24) is 9.97 Å². The molecule has 2 amide bonds. The van der Waals surface area contributed by atoms with E-state index >= 15 is 0 Å². The number of amides is 2. The third kappa shape index (κ3) is 4.35. The number of carbonyl (C=O) groups is 2. The number of para-hydroxylation sites is 2. The van der Waals surface area contributed by atoms with Gasteiger partial charge >= 0.3 is 6.09 Å². The molecule has 0 saturated carbocycles. The van der Waals surface area contributed by atoms with Gasteiger partial charge in [0.2, 0.25) is 5.91 Å². The van der Waals surface area contributed by atoms with Gasteiger partial charge in [-0.3, -0.25) is 4.79 Å². The molecule has 0 unspecified atom stereocenters. The first kappa shape index (κ1) is 17.8. The highest BCUT2D eigenvalue weighted by atomic mass is 32.1. The van der Waals surface area contributed by atoms with Gasteiger partial charge in [-0.05, 0) is 12.1 Å². The highest BCUT2D eigenvalue weighted by Crippen LogP contribution is 2.24. The van der Waals surface area contributed by atoms with E-state index in [0.29, 0.717) is 27.2 Å². The van der Waals surface area contributed by atoms with E-state index in [0.717, 1.165) is 4.90 Å². The maximum atomic E-state index is 12.2. The van der Waals surface area contributed by atoms with Crippen LogP contribution in [0.1, 0.15) is 10.7 Å². The molecule has 0 radical (unpaired) electrons. The number of aromatic nitrogens is 2. The molecule has 0 aliphatic rings. The summed E-state index contributed by atoms with van der Waals surface area (Å²) in [6.45, 7) is 0.118. The Kier molecular flexibility index (Phi) is 5.44. The second-order valence-electron chi connectivity index (χ2n) is 5.23. The van der Waals surface area contributed by atoms with Crippen LogP contribution in [0.4, 0.5) is 21.3 Å². The van der Waals surface area contributed by atoms with Gasteiger partial charge in [0.25, 0.3) is 0 Å². The first-order valence-electron chi connectivity index (χ1n) is 7.50. The smallest absolute Gasteiger partial charge is 0.414 e. The minimum Gasteiger partial charge on any atom is -0.465 e. The Morgan fingerprint density at radius 3 is 2.77 bits per heavy atom. The summed E-state index contributed by atoms with van der Waals surface area (Å²) in [4.78, 5) is 33.1. The topological polar surface area (TPSA) is 121 Å². The van der Waals surface area contributed by atoms with Gasteiger partial charge in [0.15, 0.2) is 5.13 Å². The Morgan fingerprint density at radius 2 is 2.08 bits per heavy atom. The third-order valence-electron chi connectivity index (χ3n) is 3.35. The molecule has 0 aliphatic heterocycles. The van der Waals surface area contributed by atoms with E-state index in [4.69, 9.17) is 5.73 Å². The number of benzene rings is 1. The van der Waals surface area contributed by atoms with Crippen LogP contribution in [-0.4, -0.2) is 27.1 Å². The molecule has 2 heterocycles. The highest BCUT2D eigenvalue weighted by molar-refractivity contribution is 7.14. The molecule has 2 aromatic heterocycles. The summed E-state index contributed by atoms with van der Waals surface area (Å²) in [5.74, 6) is -0.276. The lowest BCUT2D eigenvalue weighted by Crippen LogP contribution is -2.28. The molecule has 0 aliphatic carbocycles. The molecular formula is C16H15N5O3S2. The quantitative estimate of drug-likeness (QED) is 0.557. The highest BCUT2D eigenvalue weighted by Gasteiger charge is 2.20. The molecule has 10 heteroatoms. The van der Waals surface area contributed by atoms with E-state index in [-0.39, 0.29) is 18.9 Å². The summed E-state index contributed by atoms with van der Waals surface area (Å²) in [6, 6.07) is 6.96. The number of rotatable bonds is 6. The van der Waals surface area contributed by atoms with Crippen LogP contribution in [0.5, 0.6) is 0 Å². The molecule has 0 spiro atoms. The standard InChI is InChI=1S/C16H15N5O3S2/c17-11-3-1-2-4-12(11)20-13(22)7-10-9-26-15(19-10)21(16(23)24)8-14-18-5-6-25-14/h1-6,9H,7-8,17H2,(H,20,22)(H,23,24). The summed E-state index contributed by atoms with van der Waals surface area (Å²) in [7, 11) is 0. The van der Waals surface area contributed by atoms with Crippen LogP contribution in [0.15, 0.2) is 41.2 Å².